The summed E-state index contributed by atoms with van der Waals surface area (Å²) >= 11 is 0. The minimum atomic E-state index is -1.46. The first kappa shape index (κ1) is 11.1. The minimum Gasteiger partial charge on any atom is -0.387 e. The van der Waals surface area contributed by atoms with Crippen LogP contribution >= 0.6 is 0 Å². The normalized spacial score (nSPS) is 11.8. The van der Waals surface area contributed by atoms with Gasteiger partial charge in [-0.3, -0.25) is 20.2 Å². The summed E-state index contributed by atoms with van der Waals surface area (Å²) in [6.45, 7) is -0.731. The Morgan fingerprint density at radius 1 is 1.47 bits per heavy atom. The Morgan fingerprint density at radius 2 is 2.07 bits per heavy atom. The van der Waals surface area contributed by atoms with Gasteiger partial charge >= 0.3 is 6.17 Å². The average Bonchev–Trinajstić information content (AvgIpc) is 2.26. The molecule has 1 unspecified atom stereocenters. The van der Waals surface area contributed by atoms with Gasteiger partial charge in [0.25, 0.3) is 5.91 Å². The van der Waals surface area contributed by atoms with Crippen LogP contribution in [0.25, 0.3) is 0 Å². The number of hydrogen-bond acceptors (Lipinski definition) is 4. The number of benzene rings is 1. The number of rotatable bonds is 4. The van der Waals surface area contributed by atoms with Crippen LogP contribution in [0.2, 0.25) is 0 Å². The van der Waals surface area contributed by atoms with Gasteiger partial charge in [0.15, 0.2) is 0 Å². The number of carbonyl (C=O) groups excluding carboxylic acids is 1. The average molecular weight is 210 g/mol. The summed E-state index contributed by atoms with van der Waals surface area (Å²) in [5, 5.41) is 21.1. The number of aliphatic hydroxyl groups excluding tert-OH is 1. The molecule has 0 aliphatic rings. The summed E-state index contributed by atoms with van der Waals surface area (Å²) in [5.41, 5.74) is 0.317. The van der Waals surface area contributed by atoms with Crippen molar-refractivity contribution in [2.45, 2.75) is 6.17 Å². The van der Waals surface area contributed by atoms with Crippen molar-refractivity contribution in [1.82, 2.24) is 5.32 Å². The molecule has 0 aliphatic carbocycles. The van der Waals surface area contributed by atoms with Gasteiger partial charge in [-0.2, -0.15) is 0 Å². The van der Waals surface area contributed by atoms with E-state index in [1.165, 1.54) is 12.1 Å². The van der Waals surface area contributed by atoms with Gasteiger partial charge in [0.2, 0.25) is 0 Å². The van der Waals surface area contributed by atoms with E-state index in [1.54, 1.807) is 18.2 Å². The van der Waals surface area contributed by atoms with Crippen LogP contribution in [-0.4, -0.2) is 28.7 Å². The molecule has 0 radical (unpaired) electrons. The van der Waals surface area contributed by atoms with Crippen LogP contribution < -0.4 is 5.32 Å². The molecule has 6 nitrogen and oxygen atoms in total. The summed E-state index contributed by atoms with van der Waals surface area (Å²) < 4.78 is 0. The van der Waals surface area contributed by atoms with Crippen molar-refractivity contribution in [3.8, 4) is 0 Å². The van der Waals surface area contributed by atoms with Crippen molar-refractivity contribution in [2.24, 2.45) is 0 Å². The summed E-state index contributed by atoms with van der Waals surface area (Å²) in [6.07, 6.45) is -1.46. The summed E-state index contributed by atoms with van der Waals surface area (Å²) in [7, 11) is 0. The van der Waals surface area contributed by atoms with Crippen molar-refractivity contribution in [2.75, 3.05) is 6.61 Å². The van der Waals surface area contributed by atoms with Gasteiger partial charge in [-0.05, 0) is 12.1 Å². The Bertz CT molecular complexity index is 352. The van der Waals surface area contributed by atoms with E-state index in [4.69, 9.17) is 5.11 Å². The monoisotopic (exact) mass is 210 g/mol. The van der Waals surface area contributed by atoms with Crippen molar-refractivity contribution in [1.29, 1.82) is 0 Å². The Kier molecular flexibility index (Phi) is 3.75. The van der Waals surface area contributed by atoms with Crippen LogP contribution in [0, 0.1) is 10.1 Å². The SMILES string of the molecule is O=C(NC(CO)[N+](=O)[O-])c1ccccc1. The standard InChI is InChI=1S/C9H10N2O4/c12-6-8(11(14)15)10-9(13)7-4-2-1-3-5-7/h1-5,8,12H,6H2,(H,10,13). The van der Waals surface area contributed by atoms with Gasteiger partial charge in [0.05, 0.1) is 0 Å². The number of aliphatic hydroxyl groups is 1. The van der Waals surface area contributed by atoms with Crippen LogP contribution in [0.4, 0.5) is 0 Å². The first-order valence-electron chi connectivity index (χ1n) is 4.25. The fourth-order valence-corrected chi connectivity index (χ4v) is 0.989. The Balaban J connectivity index is 2.67. The van der Waals surface area contributed by atoms with Crippen LogP contribution in [0.15, 0.2) is 30.3 Å². The lowest BCUT2D eigenvalue weighted by atomic mass is 10.2. The summed E-state index contributed by atoms with van der Waals surface area (Å²) in [4.78, 5) is 21.0. The van der Waals surface area contributed by atoms with E-state index in [0.717, 1.165) is 0 Å². The third-order valence-electron chi connectivity index (χ3n) is 1.76. The second kappa shape index (κ2) is 5.06. The Hall–Kier alpha value is -1.95. The topological polar surface area (TPSA) is 92.5 Å². The molecule has 1 atom stereocenters. The number of nitrogens with zero attached hydrogens (tertiary/aromatic N) is 1. The molecular formula is C9H10N2O4. The molecule has 0 spiro atoms. The third-order valence-corrected chi connectivity index (χ3v) is 1.76. The van der Waals surface area contributed by atoms with Gasteiger partial charge in [-0.25, -0.2) is 0 Å². The van der Waals surface area contributed by atoms with Crippen molar-refractivity contribution in [3.05, 3.63) is 46.0 Å². The highest BCUT2D eigenvalue weighted by Crippen LogP contribution is 1.98. The molecule has 0 aliphatic heterocycles. The fourth-order valence-electron chi connectivity index (χ4n) is 0.989. The van der Waals surface area contributed by atoms with E-state index in [9.17, 15) is 14.9 Å². The van der Waals surface area contributed by atoms with E-state index < -0.39 is 23.6 Å². The van der Waals surface area contributed by atoms with Gasteiger partial charge in [-0.15, -0.1) is 0 Å². The van der Waals surface area contributed by atoms with Crippen molar-refractivity contribution < 1.29 is 14.8 Å². The number of carbonyl (C=O) groups is 1. The molecule has 2 N–H and O–H groups in total. The maximum absolute atomic E-state index is 11.4. The maximum Gasteiger partial charge on any atom is 0.310 e. The molecule has 0 fully saturated rings. The van der Waals surface area contributed by atoms with E-state index in [0.29, 0.717) is 5.56 Å². The molecule has 0 saturated heterocycles. The minimum absolute atomic E-state index is 0.317. The smallest absolute Gasteiger partial charge is 0.310 e. The predicted octanol–water partition coefficient (Wildman–Crippen LogP) is 0.0115. The van der Waals surface area contributed by atoms with Crippen LogP contribution in [0.5, 0.6) is 0 Å². The number of nitrogens with one attached hydrogen (secondary N) is 1. The molecule has 0 bridgehead atoms. The lowest BCUT2D eigenvalue weighted by Crippen LogP contribution is -2.43. The highest BCUT2D eigenvalue weighted by molar-refractivity contribution is 5.94. The highest BCUT2D eigenvalue weighted by atomic mass is 16.6. The molecule has 0 saturated carbocycles. The Morgan fingerprint density at radius 3 is 2.53 bits per heavy atom. The zero-order valence-electron chi connectivity index (χ0n) is 7.79. The third kappa shape index (κ3) is 3.03. The molecule has 1 aromatic rings. The molecule has 1 amide bonds. The quantitative estimate of drug-likeness (QED) is 0.416. The molecular weight excluding hydrogens is 200 g/mol. The number of amides is 1. The van der Waals surface area contributed by atoms with Crippen molar-refractivity contribution in [3.63, 3.8) is 0 Å². The van der Waals surface area contributed by atoms with Gasteiger partial charge < -0.3 is 5.11 Å². The van der Waals surface area contributed by atoms with Crippen LogP contribution in [0.3, 0.4) is 0 Å². The van der Waals surface area contributed by atoms with E-state index >= 15 is 0 Å². The second-order valence-electron chi connectivity index (χ2n) is 2.82. The number of hydrogen-bond donors (Lipinski definition) is 2. The molecule has 1 aromatic carbocycles. The van der Waals surface area contributed by atoms with E-state index in [1.807, 2.05) is 0 Å². The van der Waals surface area contributed by atoms with Gasteiger partial charge in [-0.1, -0.05) is 18.2 Å². The molecule has 0 heterocycles. The second-order valence-corrected chi connectivity index (χ2v) is 2.82. The van der Waals surface area contributed by atoms with Crippen LogP contribution in [0.1, 0.15) is 10.4 Å². The van der Waals surface area contributed by atoms with Gasteiger partial charge in [0, 0.05) is 10.5 Å². The zero-order valence-corrected chi connectivity index (χ0v) is 7.79. The van der Waals surface area contributed by atoms with E-state index in [2.05, 4.69) is 5.32 Å². The molecule has 80 valence electrons. The molecule has 6 heteroatoms. The first-order chi connectivity index (χ1) is 7.15. The largest absolute Gasteiger partial charge is 0.387 e. The highest BCUT2D eigenvalue weighted by Gasteiger charge is 2.21. The molecule has 1 rings (SSSR count). The first-order valence-corrected chi connectivity index (χ1v) is 4.25. The van der Waals surface area contributed by atoms with Crippen LogP contribution in [-0.2, 0) is 0 Å². The summed E-state index contributed by atoms with van der Waals surface area (Å²) in [6, 6.07) is 8.09. The lowest BCUT2D eigenvalue weighted by molar-refractivity contribution is -0.529. The van der Waals surface area contributed by atoms with Gasteiger partial charge in [0.1, 0.15) is 6.61 Å². The molecule has 15 heavy (non-hydrogen) atoms. The predicted molar refractivity (Wildman–Crippen MR) is 51.8 cm³/mol. The van der Waals surface area contributed by atoms with Crippen molar-refractivity contribution >= 4 is 5.91 Å². The Labute approximate surface area is 85.7 Å². The molecule has 0 aromatic heterocycles. The van der Waals surface area contributed by atoms with E-state index in [-0.39, 0.29) is 0 Å². The maximum atomic E-state index is 11.4. The number of nitro groups is 1. The summed E-state index contributed by atoms with van der Waals surface area (Å²) in [5.74, 6) is -0.577. The lowest BCUT2D eigenvalue weighted by Gasteiger charge is -2.08. The zero-order chi connectivity index (χ0) is 11.3. The fraction of sp³-hybridized carbons (Fsp3) is 0.222.